The third kappa shape index (κ3) is 4.39. The lowest BCUT2D eigenvalue weighted by molar-refractivity contribution is -0.124. The molecule has 0 saturated carbocycles. The van der Waals surface area contributed by atoms with Crippen LogP contribution in [0.25, 0.3) is 0 Å². The minimum absolute atomic E-state index is 0.137. The van der Waals surface area contributed by atoms with E-state index in [0.717, 1.165) is 32.7 Å². The zero-order valence-electron chi connectivity index (χ0n) is 9.54. The fraction of sp³-hybridized carbons (Fsp3) is 0.545. The summed E-state index contributed by atoms with van der Waals surface area (Å²) in [6, 6.07) is 4.19. The Hall–Kier alpha value is -0.430. The van der Waals surface area contributed by atoms with Gasteiger partial charge in [-0.2, -0.15) is 0 Å². The number of carbonyl (C=O) groups is 1. The van der Waals surface area contributed by atoms with E-state index in [2.05, 4.69) is 43.6 Å². The van der Waals surface area contributed by atoms with E-state index in [4.69, 9.17) is 0 Å². The highest BCUT2D eigenvalue weighted by Gasteiger charge is 2.14. The summed E-state index contributed by atoms with van der Waals surface area (Å²) in [6.45, 7) is 5.01. The van der Waals surface area contributed by atoms with Crippen LogP contribution in [0.5, 0.6) is 0 Å². The first-order chi connectivity index (χ1) is 8.24. The van der Waals surface area contributed by atoms with Gasteiger partial charge in [-0.05, 0) is 28.1 Å². The number of hydrogen-bond acceptors (Lipinski definition) is 4. The molecule has 1 fully saturated rings. The van der Waals surface area contributed by atoms with Gasteiger partial charge in [0.15, 0.2) is 0 Å². The summed E-state index contributed by atoms with van der Waals surface area (Å²) < 4.78 is 1.17. The van der Waals surface area contributed by atoms with Crippen LogP contribution in [0.2, 0.25) is 0 Å². The molecule has 0 bridgehead atoms. The highest BCUT2D eigenvalue weighted by molar-refractivity contribution is 9.11. The van der Waals surface area contributed by atoms with E-state index < -0.39 is 0 Å². The van der Waals surface area contributed by atoms with E-state index >= 15 is 0 Å². The van der Waals surface area contributed by atoms with E-state index in [-0.39, 0.29) is 5.91 Å². The molecule has 4 nitrogen and oxygen atoms in total. The van der Waals surface area contributed by atoms with Gasteiger partial charge >= 0.3 is 0 Å². The number of thiophene rings is 1. The number of halogens is 1. The lowest BCUT2D eigenvalue weighted by atomic mass is 10.3. The quantitative estimate of drug-likeness (QED) is 0.797. The Kier molecular flexibility index (Phi) is 4.97. The molecule has 0 aliphatic carbocycles. The van der Waals surface area contributed by atoms with Crippen molar-refractivity contribution in [2.24, 2.45) is 0 Å². The van der Waals surface area contributed by atoms with Crippen LogP contribution >= 0.6 is 27.3 Å². The Labute approximate surface area is 114 Å². The number of nitrogens with one attached hydrogen (secondary N) is 2. The van der Waals surface area contributed by atoms with Crippen molar-refractivity contribution < 1.29 is 4.79 Å². The van der Waals surface area contributed by atoms with Crippen molar-refractivity contribution >= 4 is 33.2 Å². The molecule has 1 aromatic rings. The van der Waals surface area contributed by atoms with Crippen molar-refractivity contribution in [2.45, 2.75) is 6.54 Å². The SMILES string of the molecule is O=C1CN(CCNCc2ccc(Br)s2)CCN1. The zero-order valence-corrected chi connectivity index (χ0v) is 11.9. The van der Waals surface area contributed by atoms with Crippen LogP contribution < -0.4 is 10.6 Å². The van der Waals surface area contributed by atoms with Crippen LogP contribution in [0.4, 0.5) is 0 Å². The van der Waals surface area contributed by atoms with Gasteiger partial charge in [0.2, 0.25) is 5.91 Å². The second-order valence-electron chi connectivity index (χ2n) is 4.01. The first-order valence-corrected chi connectivity index (χ1v) is 7.29. The summed E-state index contributed by atoms with van der Waals surface area (Å²) in [5.41, 5.74) is 0. The minimum atomic E-state index is 0.137. The van der Waals surface area contributed by atoms with Crippen molar-refractivity contribution in [1.82, 2.24) is 15.5 Å². The molecule has 0 aromatic carbocycles. The van der Waals surface area contributed by atoms with Crippen LogP contribution in [-0.2, 0) is 11.3 Å². The van der Waals surface area contributed by atoms with Crippen molar-refractivity contribution in [3.05, 3.63) is 20.8 Å². The normalized spacial score (nSPS) is 17.1. The number of hydrogen-bond donors (Lipinski definition) is 2. The molecule has 0 atom stereocenters. The van der Waals surface area contributed by atoms with Gasteiger partial charge in [-0.25, -0.2) is 0 Å². The van der Waals surface area contributed by atoms with Crippen molar-refractivity contribution in [3.63, 3.8) is 0 Å². The molecule has 0 spiro atoms. The number of nitrogens with zero attached hydrogens (tertiary/aromatic N) is 1. The topological polar surface area (TPSA) is 44.4 Å². The second kappa shape index (κ2) is 6.49. The van der Waals surface area contributed by atoms with Gasteiger partial charge in [0, 0.05) is 37.6 Å². The summed E-state index contributed by atoms with van der Waals surface area (Å²) in [5, 5.41) is 6.22. The Morgan fingerprint density at radius 2 is 2.41 bits per heavy atom. The van der Waals surface area contributed by atoms with Gasteiger partial charge in [-0.3, -0.25) is 9.69 Å². The molecule has 1 aromatic heterocycles. The Morgan fingerprint density at radius 3 is 3.12 bits per heavy atom. The molecule has 0 unspecified atom stereocenters. The molecule has 1 aliphatic rings. The third-order valence-electron chi connectivity index (χ3n) is 2.65. The third-order valence-corrected chi connectivity index (χ3v) is 4.27. The van der Waals surface area contributed by atoms with Gasteiger partial charge in [0.05, 0.1) is 10.3 Å². The van der Waals surface area contributed by atoms with Crippen LogP contribution in [0.1, 0.15) is 4.88 Å². The van der Waals surface area contributed by atoms with Gasteiger partial charge in [0.1, 0.15) is 0 Å². The fourth-order valence-corrected chi connectivity index (χ4v) is 3.23. The molecule has 1 saturated heterocycles. The number of amides is 1. The van der Waals surface area contributed by atoms with Crippen molar-refractivity contribution in [1.29, 1.82) is 0 Å². The monoisotopic (exact) mass is 317 g/mol. The van der Waals surface area contributed by atoms with Crippen molar-refractivity contribution in [2.75, 3.05) is 32.7 Å². The molecule has 0 radical (unpaired) electrons. The maximum Gasteiger partial charge on any atom is 0.234 e. The second-order valence-corrected chi connectivity index (χ2v) is 6.56. The Balaban J connectivity index is 1.61. The zero-order chi connectivity index (χ0) is 12.1. The van der Waals surface area contributed by atoms with Gasteiger partial charge in [-0.1, -0.05) is 0 Å². The number of carbonyl (C=O) groups excluding carboxylic acids is 1. The predicted octanol–water partition coefficient (Wildman–Crippen LogP) is 1.03. The van der Waals surface area contributed by atoms with Crippen LogP contribution in [0, 0.1) is 0 Å². The maximum absolute atomic E-state index is 11.2. The molecule has 2 heterocycles. The Bertz CT molecular complexity index is 383. The number of rotatable bonds is 5. The fourth-order valence-electron chi connectivity index (χ4n) is 1.78. The summed E-state index contributed by atoms with van der Waals surface area (Å²) in [4.78, 5) is 14.7. The molecule has 2 N–H and O–H groups in total. The summed E-state index contributed by atoms with van der Waals surface area (Å²) in [5.74, 6) is 0.137. The first-order valence-electron chi connectivity index (χ1n) is 5.68. The molecule has 1 aliphatic heterocycles. The standard InChI is InChI=1S/C11H16BrN3OS/c12-10-2-1-9(17-10)7-13-3-5-15-6-4-14-11(16)8-15/h1-2,13H,3-8H2,(H,14,16). The van der Waals surface area contributed by atoms with Gasteiger partial charge in [-0.15, -0.1) is 11.3 Å². The van der Waals surface area contributed by atoms with Gasteiger partial charge < -0.3 is 10.6 Å². The summed E-state index contributed by atoms with van der Waals surface area (Å²) in [7, 11) is 0. The highest BCUT2D eigenvalue weighted by Crippen LogP contribution is 2.21. The van der Waals surface area contributed by atoms with Crippen LogP contribution in [-0.4, -0.2) is 43.5 Å². The van der Waals surface area contributed by atoms with Crippen LogP contribution in [0.3, 0.4) is 0 Å². The lowest BCUT2D eigenvalue weighted by Gasteiger charge is -2.26. The molecule has 2 rings (SSSR count). The average molecular weight is 318 g/mol. The molecule has 1 amide bonds. The maximum atomic E-state index is 11.2. The molecule has 6 heteroatoms. The minimum Gasteiger partial charge on any atom is -0.354 e. The van der Waals surface area contributed by atoms with E-state index in [1.54, 1.807) is 11.3 Å². The summed E-state index contributed by atoms with van der Waals surface area (Å²) >= 11 is 5.20. The Morgan fingerprint density at radius 1 is 1.53 bits per heavy atom. The van der Waals surface area contributed by atoms with Gasteiger partial charge in [0.25, 0.3) is 0 Å². The number of piperazine rings is 1. The lowest BCUT2D eigenvalue weighted by Crippen LogP contribution is -2.49. The first kappa shape index (κ1) is 13.0. The molecule has 17 heavy (non-hydrogen) atoms. The van der Waals surface area contributed by atoms with E-state index in [1.165, 1.54) is 8.66 Å². The van der Waals surface area contributed by atoms with E-state index in [0.29, 0.717) is 6.54 Å². The van der Waals surface area contributed by atoms with E-state index in [1.807, 2.05) is 0 Å². The molecular weight excluding hydrogens is 302 g/mol. The van der Waals surface area contributed by atoms with Crippen LogP contribution in [0.15, 0.2) is 15.9 Å². The highest BCUT2D eigenvalue weighted by atomic mass is 79.9. The summed E-state index contributed by atoms with van der Waals surface area (Å²) in [6.07, 6.45) is 0. The van der Waals surface area contributed by atoms with E-state index in [9.17, 15) is 4.79 Å². The predicted molar refractivity (Wildman–Crippen MR) is 73.2 cm³/mol. The molecule has 94 valence electrons. The average Bonchev–Trinajstić information content (AvgIpc) is 2.71. The largest absolute Gasteiger partial charge is 0.354 e. The smallest absolute Gasteiger partial charge is 0.234 e. The molecular formula is C11H16BrN3OS. The van der Waals surface area contributed by atoms with Crippen molar-refractivity contribution in [3.8, 4) is 0 Å².